The van der Waals surface area contributed by atoms with Crippen LogP contribution in [0, 0.1) is 0 Å². The van der Waals surface area contributed by atoms with E-state index >= 15 is 0 Å². The highest BCUT2D eigenvalue weighted by Crippen LogP contribution is 2.28. The molecule has 0 saturated carbocycles. The van der Waals surface area contributed by atoms with Gasteiger partial charge in [-0.15, -0.1) is 0 Å². The highest BCUT2D eigenvalue weighted by Gasteiger charge is 2.22. The summed E-state index contributed by atoms with van der Waals surface area (Å²) in [5.41, 5.74) is 6.95. The summed E-state index contributed by atoms with van der Waals surface area (Å²) in [6.45, 7) is 0. The molecule has 4 rings (SSSR count). The number of fused-ring (bicyclic) bond motifs is 2. The molecule has 29 heavy (non-hydrogen) atoms. The summed E-state index contributed by atoms with van der Waals surface area (Å²) in [7, 11) is 0. The Morgan fingerprint density at radius 1 is 0.862 bits per heavy atom. The number of nitrogens with one attached hydrogen (secondary N) is 1. The molecule has 3 N–H and O–H groups in total. The first kappa shape index (κ1) is 19.0. The third kappa shape index (κ3) is 3.93. The van der Waals surface area contributed by atoms with Crippen molar-refractivity contribution in [1.82, 2.24) is 5.32 Å². The van der Waals surface area contributed by atoms with Crippen LogP contribution in [0.5, 0.6) is 0 Å². The third-order valence-corrected chi connectivity index (χ3v) is 5.21. The SMILES string of the molecule is NC(=O)[C@H](Cc1cccc(Cl)c1)NC(=O)c1c2ccccc2cc2ccccc12. The van der Waals surface area contributed by atoms with Gasteiger partial charge in [0.25, 0.3) is 5.91 Å². The van der Waals surface area contributed by atoms with E-state index in [1.165, 1.54) is 0 Å². The van der Waals surface area contributed by atoms with Gasteiger partial charge in [0.15, 0.2) is 0 Å². The maximum Gasteiger partial charge on any atom is 0.253 e. The monoisotopic (exact) mass is 402 g/mol. The van der Waals surface area contributed by atoms with Crippen molar-refractivity contribution in [2.24, 2.45) is 5.73 Å². The van der Waals surface area contributed by atoms with Crippen LogP contribution in [0.2, 0.25) is 5.02 Å². The predicted molar refractivity (Wildman–Crippen MR) is 117 cm³/mol. The van der Waals surface area contributed by atoms with Gasteiger partial charge in [0.05, 0.1) is 5.56 Å². The van der Waals surface area contributed by atoms with Crippen LogP contribution in [-0.4, -0.2) is 17.9 Å². The number of carbonyl (C=O) groups is 2. The first-order valence-electron chi connectivity index (χ1n) is 9.28. The van der Waals surface area contributed by atoms with E-state index in [2.05, 4.69) is 11.4 Å². The Bertz CT molecular complexity index is 1180. The second-order valence-corrected chi connectivity index (χ2v) is 7.39. The van der Waals surface area contributed by atoms with Crippen LogP contribution in [0.1, 0.15) is 15.9 Å². The highest BCUT2D eigenvalue weighted by molar-refractivity contribution is 6.30. The first-order valence-corrected chi connectivity index (χ1v) is 9.66. The van der Waals surface area contributed by atoms with Crippen LogP contribution in [0.3, 0.4) is 0 Å². The molecule has 0 fully saturated rings. The van der Waals surface area contributed by atoms with Gasteiger partial charge in [0.1, 0.15) is 6.04 Å². The molecule has 2 amide bonds. The molecule has 0 heterocycles. The van der Waals surface area contributed by atoms with Crippen molar-refractivity contribution in [1.29, 1.82) is 0 Å². The van der Waals surface area contributed by atoms with Crippen LogP contribution in [0.4, 0.5) is 0 Å². The summed E-state index contributed by atoms with van der Waals surface area (Å²) in [6.07, 6.45) is 0.268. The number of halogens is 1. The fourth-order valence-corrected chi connectivity index (χ4v) is 3.82. The molecule has 1 atom stereocenters. The van der Waals surface area contributed by atoms with Gasteiger partial charge in [-0.2, -0.15) is 0 Å². The quantitative estimate of drug-likeness (QED) is 0.483. The third-order valence-electron chi connectivity index (χ3n) is 4.98. The Kier molecular flexibility index (Phi) is 5.19. The molecule has 0 unspecified atom stereocenters. The number of amides is 2. The van der Waals surface area contributed by atoms with E-state index in [4.69, 9.17) is 17.3 Å². The lowest BCUT2D eigenvalue weighted by atomic mass is 9.95. The van der Waals surface area contributed by atoms with Gasteiger partial charge < -0.3 is 11.1 Å². The molecule has 144 valence electrons. The lowest BCUT2D eigenvalue weighted by Gasteiger charge is -2.18. The molecule has 0 aliphatic heterocycles. The van der Waals surface area contributed by atoms with Crippen molar-refractivity contribution in [2.45, 2.75) is 12.5 Å². The van der Waals surface area contributed by atoms with Gasteiger partial charge in [0, 0.05) is 11.4 Å². The fourth-order valence-electron chi connectivity index (χ4n) is 3.61. The molecule has 0 aliphatic rings. The maximum absolute atomic E-state index is 13.3. The zero-order valence-electron chi connectivity index (χ0n) is 15.6. The minimum absolute atomic E-state index is 0.268. The van der Waals surface area contributed by atoms with E-state index in [9.17, 15) is 9.59 Å². The van der Waals surface area contributed by atoms with Crippen molar-refractivity contribution in [2.75, 3.05) is 0 Å². The number of nitrogens with two attached hydrogens (primary N) is 1. The smallest absolute Gasteiger partial charge is 0.253 e. The summed E-state index contributed by atoms with van der Waals surface area (Å²) < 4.78 is 0. The van der Waals surface area contributed by atoms with E-state index in [-0.39, 0.29) is 12.3 Å². The Labute approximate surface area is 173 Å². The lowest BCUT2D eigenvalue weighted by molar-refractivity contribution is -0.119. The molecule has 0 aromatic heterocycles. The molecular formula is C24H19ClN2O2. The molecule has 0 bridgehead atoms. The molecule has 0 spiro atoms. The average molecular weight is 403 g/mol. The highest BCUT2D eigenvalue weighted by atomic mass is 35.5. The minimum Gasteiger partial charge on any atom is -0.368 e. The van der Waals surface area contributed by atoms with E-state index in [0.29, 0.717) is 10.6 Å². The molecule has 5 heteroatoms. The zero-order chi connectivity index (χ0) is 20.4. The topological polar surface area (TPSA) is 72.2 Å². The second kappa shape index (κ2) is 7.94. The average Bonchev–Trinajstić information content (AvgIpc) is 2.71. The Morgan fingerprint density at radius 2 is 1.48 bits per heavy atom. The summed E-state index contributed by atoms with van der Waals surface area (Å²) in [5.74, 6) is -0.924. The van der Waals surface area contributed by atoms with Crippen LogP contribution in [0.25, 0.3) is 21.5 Å². The number of primary amides is 1. The van der Waals surface area contributed by atoms with Crippen LogP contribution < -0.4 is 11.1 Å². The van der Waals surface area contributed by atoms with Crippen LogP contribution in [-0.2, 0) is 11.2 Å². The summed E-state index contributed by atoms with van der Waals surface area (Å²) in [4.78, 5) is 25.4. The van der Waals surface area contributed by atoms with Crippen molar-refractivity contribution >= 4 is 45.0 Å². The molecule has 4 nitrogen and oxygen atoms in total. The van der Waals surface area contributed by atoms with Gasteiger partial charge in [-0.25, -0.2) is 0 Å². The molecule has 0 aliphatic carbocycles. The molecule has 4 aromatic carbocycles. The molecule has 4 aromatic rings. The van der Waals surface area contributed by atoms with Crippen molar-refractivity contribution < 1.29 is 9.59 Å². The number of hydrogen-bond donors (Lipinski definition) is 2. The first-order chi connectivity index (χ1) is 14.0. The lowest BCUT2D eigenvalue weighted by Crippen LogP contribution is -2.46. The number of benzene rings is 4. The van der Waals surface area contributed by atoms with Crippen LogP contribution >= 0.6 is 11.6 Å². The Balaban J connectivity index is 1.74. The number of carbonyl (C=O) groups excluding carboxylic acids is 2. The van der Waals surface area contributed by atoms with Crippen molar-refractivity contribution in [3.63, 3.8) is 0 Å². The summed E-state index contributed by atoms with van der Waals surface area (Å²) in [5, 5.41) is 6.97. The van der Waals surface area contributed by atoms with Gasteiger partial charge in [-0.3, -0.25) is 9.59 Å². The largest absolute Gasteiger partial charge is 0.368 e. The normalized spacial score (nSPS) is 12.0. The van der Waals surface area contributed by atoms with E-state index in [1.807, 2.05) is 54.6 Å². The maximum atomic E-state index is 13.3. The Morgan fingerprint density at radius 3 is 2.07 bits per heavy atom. The zero-order valence-corrected chi connectivity index (χ0v) is 16.3. The van der Waals surface area contributed by atoms with Crippen LogP contribution in [0.15, 0.2) is 78.9 Å². The fraction of sp³-hybridized carbons (Fsp3) is 0.0833. The Hall–Kier alpha value is -3.37. The number of hydrogen-bond acceptors (Lipinski definition) is 2. The van der Waals surface area contributed by atoms with Gasteiger partial charge >= 0.3 is 0 Å². The van der Waals surface area contributed by atoms with Crippen molar-refractivity contribution in [3.05, 3.63) is 95.0 Å². The van der Waals surface area contributed by atoms with Gasteiger partial charge in [-0.1, -0.05) is 72.3 Å². The van der Waals surface area contributed by atoms with E-state index in [0.717, 1.165) is 27.1 Å². The van der Waals surface area contributed by atoms with E-state index < -0.39 is 11.9 Å². The molecular weight excluding hydrogens is 384 g/mol. The van der Waals surface area contributed by atoms with E-state index in [1.54, 1.807) is 18.2 Å². The van der Waals surface area contributed by atoms with Crippen molar-refractivity contribution in [3.8, 4) is 0 Å². The summed E-state index contributed by atoms with van der Waals surface area (Å²) >= 11 is 6.04. The minimum atomic E-state index is -0.848. The standard InChI is InChI=1S/C24H19ClN2O2/c25-18-9-5-6-15(12-18)13-21(23(26)28)27-24(29)22-19-10-3-1-7-16(19)14-17-8-2-4-11-20(17)22/h1-12,14,21H,13H2,(H2,26,28)(H,27,29)/t21-/m0/s1. The predicted octanol–water partition coefficient (Wildman–Crippen LogP) is 4.47. The molecule has 0 saturated heterocycles. The number of rotatable bonds is 5. The van der Waals surface area contributed by atoms with Gasteiger partial charge in [-0.05, 0) is 45.3 Å². The van der Waals surface area contributed by atoms with Gasteiger partial charge in [0.2, 0.25) is 5.91 Å². The second-order valence-electron chi connectivity index (χ2n) is 6.96. The summed E-state index contributed by atoms with van der Waals surface area (Å²) in [6, 6.07) is 23.8. The molecule has 0 radical (unpaired) electrons.